The van der Waals surface area contributed by atoms with Crippen LogP contribution in [-0.2, 0) is 6.42 Å². The van der Waals surface area contributed by atoms with Gasteiger partial charge in [-0.2, -0.15) is 0 Å². The Morgan fingerprint density at radius 1 is 1.32 bits per heavy atom. The summed E-state index contributed by atoms with van der Waals surface area (Å²) in [6, 6.07) is 6.75. The van der Waals surface area contributed by atoms with Crippen LogP contribution in [0.5, 0.6) is 0 Å². The number of amides is 1. The highest BCUT2D eigenvalue weighted by Crippen LogP contribution is 2.27. The maximum absolute atomic E-state index is 13.0. The first kappa shape index (κ1) is 17.9. The highest BCUT2D eigenvalue weighted by molar-refractivity contribution is 7.17. The third-order valence-electron chi connectivity index (χ3n) is 4.66. The molecule has 6 heteroatoms. The molecule has 0 atom stereocenters. The number of nitrogens with one attached hydrogen (secondary N) is 1. The van der Waals surface area contributed by atoms with Gasteiger partial charge in [0.1, 0.15) is 10.7 Å². The molecule has 0 radical (unpaired) electrons. The van der Waals surface area contributed by atoms with E-state index >= 15 is 0 Å². The molecule has 0 aliphatic carbocycles. The molecule has 1 aliphatic rings. The monoisotopic (exact) mass is 361 g/mol. The van der Waals surface area contributed by atoms with Gasteiger partial charge in [-0.25, -0.2) is 9.37 Å². The molecule has 2 aromatic rings. The maximum Gasteiger partial charge on any atom is 0.265 e. The second-order valence-corrected chi connectivity index (χ2v) is 7.53. The number of anilines is 1. The Balaban J connectivity index is 1.56. The van der Waals surface area contributed by atoms with Crippen molar-refractivity contribution in [3.63, 3.8) is 0 Å². The van der Waals surface area contributed by atoms with Gasteiger partial charge in [0.05, 0.1) is 5.69 Å². The quantitative estimate of drug-likeness (QED) is 0.871. The zero-order chi connectivity index (χ0) is 17.8. The molecule has 2 heterocycles. The fourth-order valence-corrected chi connectivity index (χ4v) is 4.26. The third-order valence-corrected chi connectivity index (χ3v) is 5.76. The SMILES string of the molecule is CCNc1nc(C)c(C(=O)N2CCC(Cc3ccc(F)cc3)CC2)s1. The van der Waals surface area contributed by atoms with Gasteiger partial charge < -0.3 is 10.2 Å². The Hall–Kier alpha value is -1.95. The smallest absolute Gasteiger partial charge is 0.265 e. The molecular formula is C19H24FN3OS. The molecule has 25 heavy (non-hydrogen) atoms. The van der Waals surface area contributed by atoms with E-state index in [1.165, 1.54) is 29.0 Å². The van der Waals surface area contributed by atoms with Crippen molar-refractivity contribution in [3.8, 4) is 0 Å². The summed E-state index contributed by atoms with van der Waals surface area (Å²) in [5.41, 5.74) is 1.97. The van der Waals surface area contributed by atoms with E-state index in [4.69, 9.17) is 0 Å². The maximum atomic E-state index is 13.0. The molecule has 1 N–H and O–H groups in total. The lowest BCUT2D eigenvalue weighted by Gasteiger charge is -2.32. The average Bonchev–Trinajstić information content (AvgIpc) is 2.98. The molecule has 0 saturated carbocycles. The van der Waals surface area contributed by atoms with E-state index in [-0.39, 0.29) is 11.7 Å². The summed E-state index contributed by atoms with van der Waals surface area (Å²) in [6.45, 7) is 6.27. The number of thiazole rings is 1. The number of hydrogen-bond donors (Lipinski definition) is 1. The minimum absolute atomic E-state index is 0.0967. The van der Waals surface area contributed by atoms with Crippen molar-refractivity contribution in [1.82, 2.24) is 9.88 Å². The summed E-state index contributed by atoms with van der Waals surface area (Å²) in [5.74, 6) is 0.454. The summed E-state index contributed by atoms with van der Waals surface area (Å²) in [7, 11) is 0. The van der Waals surface area contributed by atoms with Crippen LogP contribution in [0.25, 0.3) is 0 Å². The van der Waals surface area contributed by atoms with Crippen LogP contribution < -0.4 is 5.32 Å². The van der Waals surface area contributed by atoms with Gasteiger partial charge >= 0.3 is 0 Å². The second-order valence-electron chi connectivity index (χ2n) is 6.53. The molecule has 1 aromatic heterocycles. The highest BCUT2D eigenvalue weighted by Gasteiger charge is 2.26. The van der Waals surface area contributed by atoms with E-state index in [0.717, 1.165) is 54.6 Å². The number of nitrogens with zero attached hydrogens (tertiary/aromatic N) is 2. The summed E-state index contributed by atoms with van der Waals surface area (Å²) >= 11 is 1.44. The standard InChI is InChI=1S/C19H24FN3OS/c1-3-21-19-22-13(2)17(25-19)18(24)23-10-8-15(9-11-23)12-14-4-6-16(20)7-5-14/h4-7,15H,3,8-12H2,1-2H3,(H,21,22). The number of aryl methyl sites for hydroxylation is 1. The number of rotatable bonds is 5. The van der Waals surface area contributed by atoms with Crippen LogP contribution in [-0.4, -0.2) is 35.4 Å². The van der Waals surface area contributed by atoms with Crippen LogP contribution in [0.4, 0.5) is 9.52 Å². The average molecular weight is 361 g/mol. The minimum atomic E-state index is -0.193. The summed E-state index contributed by atoms with van der Waals surface area (Å²) in [5, 5.41) is 3.99. The summed E-state index contributed by atoms with van der Waals surface area (Å²) < 4.78 is 13.0. The van der Waals surface area contributed by atoms with E-state index in [1.54, 1.807) is 0 Å². The van der Waals surface area contributed by atoms with Gasteiger partial charge in [-0.15, -0.1) is 0 Å². The van der Waals surface area contributed by atoms with E-state index < -0.39 is 0 Å². The normalized spacial score (nSPS) is 15.4. The zero-order valence-corrected chi connectivity index (χ0v) is 15.5. The lowest BCUT2D eigenvalue weighted by atomic mass is 9.90. The van der Waals surface area contributed by atoms with Crippen molar-refractivity contribution in [2.24, 2.45) is 5.92 Å². The van der Waals surface area contributed by atoms with Crippen LogP contribution in [0.2, 0.25) is 0 Å². The molecule has 1 aromatic carbocycles. The lowest BCUT2D eigenvalue weighted by Crippen LogP contribution is -2.38. The number of carbonyl (C=O) groups is 1. The molecule has 1 aliphatic heterocycles. The fourth-order valence-electron chi connectivity index (χ4n) is 3.26. The van der Waals surface area contributed by atoms with E-state index in [0.29, 0.717) is 5.92 Å². The van der Waals surface area contributed by atoms with Crippen molar-refractivity contribution < 1.29 is 9.18 Å². The molecule has 1 fully saturated rings. The van der Waals surface area contributed by atoms with E-state index in [9.17, 15) is 9.18 Å². The number of hydrogen-bond acceptors (Lipinski definition) is 4. The number of aromatic nitrogens is 1. The number of benzene rings is 1. The Labute approximate surface area is 152 Å². The number of carbonyl (C=O) groups excluding carboxylic acids is 1. The predicted octanol–water partition coefficient (Wildman–Crippen LogP) is 4.12. The number of piperidine rings is 1. The first-order valence-electron chi connectivity index (χ1n) is 8.81. The molecule has 0 spiro atoms. The van der Waals surface area contributed by atoms with Crippen LogP contribution in [0.1, 0.15) is 40.7 Å². The first-order chi connectivity index (χ1) is 12.1. The molecule has 1 amide bonds. The number of halogens is 1. The van der Waals surface area contributed by atoms with Crippen molar-refractivity contribution in [2.45, 2.75) is 33.1 Å². The molecular weight excluding hydrogens is 337 g/mol. The van der Waals surface area contributed by atoms with Crippen LogP contribution in [0, 0.1) is 18.7 Å². The van der Waals surface area contributed by atoms with Crippen LogP contribution in [0.3, 0.4) is 0 Å². The van der Waals surface area contributed by atoms with Gasteiger partial charge in [-0.3, -0.25) is 4.79 Å². The fraction of sp³-hybridized carbons (Fsp3) is 0.474. The Kier molecular flexibility index (Phi) is 5.68. The van der Waals surface area contributed by atoms with Gasteiger partial charge in [-0.05, 0) is 56.7 Å². The van der Waals surface area contributed by atoms with Gasteiger partial charge in [0.2, 0.25) is 0 Å². The summed E-state index contributed by atoms with van der Waals surface area (Å²) in [6.07, 6.45) is 2.93. The Morgan fingerprint density at radius 2 is 2.00 bits per heavy atom. The first-order valence-corrected chi connectivity index (χ1v) is 9.63. The van der Waals surface area contributed by atoms with Crippen molar-refractivity contribution in [2.75, 3.05) is 25.0 Å². The van der Waals surface area contributed by atoms with Crippen molar-refractivity contribution in [3.05, 3.63) is 46.2 Å². The molecule has 0 bridgehead atoms. The summed E-state index contributed by atoms with van der Waals surface area (Å²) in [4.78, 5) is 19.9. The van der Waals surface area contributed by atoms with Crippen LogP contribution >= 0.6 is 11.3 Å². The largest absolute Gasteiger partial charge is 0.362 e. The molecule has 1 saturated heterocycles. The Morgan fingerprint density at radius 3 is 2.64 bits per heavy atom. The minimum Gasteiger partial charge on any atom is -0.362 e. The van der Waals surface area contributed by atoms with Gasteiger partial charge in [-0.1, -0.05) is 23.5 Å². The topological polar surface area (TPSA) is 45.2 Å². The van der Waals surface area contributed by atoms with Gasteiger partial charge in [0.15, 0.2) is 5.13 Å². The third kappa shape index (κ3) is 4.37. The molecule has 4 nitrogen and oxygen atoms in total. The molecule has 134 valence electrons. The lowest BCUT2D eigenvalue weighted by molar-refractivity contribution is 0.0694. The van der Waals surface area contributed by atoms with E-state index in [2.05, 4.69) is 10.3 Å². The van der Waals surface area contributed by atoms with Crippen molar-refractivity contribution >= 4 is 22.4 Å². The van der Waals surface area contributed by atoms with Gasteiger partial charge in [0.25, 0.3) is 5.91 Å². The molecule has 3 rings (SSSR count). The molecule has 0 unspecified atom stereocenters. The van der Waals surface area contributed by atoms with Crippen LogP contribution in [0.15, 0.2) is 24.3 Å². The van der Waals surface area contributed by atoms with Gasteiger partial charge in [0, 0.05) is 19.6 Å². The Bertz CT molecular complexity index is 721. The predicted molar refractivity (Wildman–Crippen MR) is 99.7 cm³/mol. The second kappa shape index (κ2) is 7.95. The zero-order valence-electron chi connectivity index (χ0n) is 14.7. The highest BCUT2D eigenvalue weighted by atomic mass is 32.1. The van der Waals surface area contributed by atoms with E-state index in [1.807, 2.05) is 30.9 Å². The van der Waals surface area contributed by atoms with Crippen molar-refractivity contribution in [1.29, 1.82) is 0 Å². The number of likely N-dealkylation sites (tertiary alicyclic amines) is 1.